The molecule has 1 aliphatic rings. The summed E-state index contributed by atoms with van der Waals surface area (Å²) >= 11 is 3.43. The first-order valence-electron chi connectivity index (χ1n) is 7.50. The third kappa shape index (κ3) is 3.65. The molecule has 0 bridgehead atoms. The average Bonchev–Trinajstić information content (AvgIpc) is 3.03. The topological polar surface area (TPSA) is 54.0 Å². The fourth-order valence-corrected chi connectivity index (χ4v) is 3.09. The van der Waals surface area contributed by atoms with Crippen LogP contribution in [0.5, 0.6) is 0 Å². The fraction of sp³-hybridized carbons (Fsp3) is 0.294. The number of amides is 1. The lowest BCUT2D eigenvalue weighted by Gasteiger charge is -2.14. The van der Waals surface area contributed by atoms with Gasteiger partial charge >= 0.3 is 0 Å². The molecule has 1 heterocycles. The summed E-state index contributed by atoms with van der Waals surface area (Å²) in [4.78, 5) is 16.5. The van der Waals surface area contributed by atoms with Crippen molar-refractivity contribution in [1.29, 1.82) is 0 Å². The summed E-state index contributed by atoms with van der Waals surface area (Å²) in [6.07, 6.45) is 8.28. The minimum absolute atomic E-state index is 0.158. The molecule has 1 fully saturated rings. The van der Waals surface area contributed by atoms with Crippen molar-refractivity contribution >= 4 is 33.2 Å². The number of benzene rings is 1. The maximum Gasteiger partial charge on any atom is 0.257 e. The summed E-state index contributed by atoms with van der Waals surface area (Å²) in [6.45, 7) is 0. The zero-order chi connectivity index (χ0) is 15.4. The second-order valence-electron chi connectivity index (χ2n) is 5.52. The molecule has 0 saturated heterocycles. The zero-order valence-corrected chi connectivity index (χ0v) is 13.8. The van der Waals surface area contributed by atoms with Crippen LogP contribution >= 0.6 is 15.9 Å². The van der Waals surface area contributed by atoms with Gasteiger partial charge in [-0.2, -0.15) is 0 Å². The van der Waals surface area contributed by atoms with E-state index in [4.69, 9.17) is 0 Å². The van der Waals surface area contributed by atoms with E-state index in [1.54, 1.807) is 12.4 Å². The van der Waals surface area contributed by atoms with Crippen molar-refractivity contribution in [2.45, 2.75) is 31.7 Å². The van der Waals surface area contributed by atoms with Gasteiger partial charge in [0.05, 0.1) is 16.9 Å². The molecule has 1 aromatic heterocycles. The van der Waals surface area contributed by atoms with Crippen LogP contribution in [0.4, 0.5) is 11.4 Å². The maximum absolute atomic E-state index is 12.4. The summed E-state index contributed by atoms with van der Waals surface area (Å²) in [6, 6.07) is 9.91. The van der Waals surface area contributed by atoms with E-state index in [-0.39, 0.29) is 5.91 Å². The normalized spacial score (nSPS) is 14.8. The number of aromatic nitrogens is 1. The second-order valence-corrected chi connectivity index (χ2v) is 6.38. The lowest BCUT2D eigenvalue weighted by Crippen LogP contribution is -2.16. The maximum atomic E-state index is 12.4. The molecule has 4 nitrogen and oxygen atoms in total. The highest BCUT2D eigenvalue weighted by Gasteiger charge is 2.15. The summed E-state index contributed by atoms with van der Waals surface area (Å²) in [7, 11) is 0. The van der Waals surface area contributed by atoms with Crippen LogP contribution in [-0.4, -0.2) is 16.9 Å². The third-order valence-electron chi connectivity index (χ3n) is 3.85. The molecule has 114 valence electrons. The average molecular weight is 360 g/mol. The van der Waals surface area contributed by atoms with Crippen molar-refractivity contribution in [3.8, 4) is 0 Å². The van der Waals surface area contributed by atoms with E-state index < -0.39 is 0 Å². The van der Waals surface area contributed by atoms with Crippen molar-refractivity contribution in [3.63, 3.8) is 0 Å². The first-order valence-corrected chi connectivity index (χ1v) is 8.29. The highest BCUT2D eigenvalue weighted by molar-refractivity contribution is 9.10. The predicted octanol–water partition coefficient (Wildman–Crippen LogP) is 4.45. The van der Waals surface area contributed by atoms with Crippen LogP contribution in [0.2, 0.25) is 0 Å². The predicted molar refractivity (Wildman–Crippen MR) is 92.2 cm³/mol. The largest absolute Gasteiger partial charge is 0.381 e. The Balaban J connectivity index is 1.71. The van der Waals surface area contributed by atoms with Gasteiger partial charge in [-0.3, -0.25) is 9.78 Å². The van der Waals surface area contributed by atoms with E-state index in [0.717, 1.165) is 15.8 Å². The molecular formula is C17H18BrN3O. The fourth-order valence-electron chi connectivity index (χ4n) is 2.71. The Morgan fingerprint density at radius 2 is 1.95 bits per heavy atom. The Bertz CT molecular complexity index is 668. The molecule has 1 saturated carbocycles. The summed E-state index contributed by atoms with van der Waals surface area (Å²) in [5, 5.41) is 6.35. The molecule has 0 radical (unpaired) electrons. The lowest BCUT2D eigenvalue weighted by atomic mass is 10.2. The van der Waals surface area contributed by atoms with Crippen LogP contribution in [0, 0.1) is 0 Å². The third-order valence-corrected chi connectivity index (χ3v) is 4.54. The molecule has 0 spiro atoms. The first-order chi connectivity index (χ1) is 10.7. The molecule has 3 rings (SSSR count). The van der Waals surface area contributed by atoms with E-state index in [0.29, 0.717) is 11.6 Å². The number of nitrogens with zero attached hydrogens (tertiary/aromatic N) is 1. The SMILES string of the molecule is O=C(Nc1ccccc1Br)c1cncc(NC2CCCC2)c1. The highest BCUT2D eigenvalue weighted by Crippen LogP contribution is 2.24. The van der Waals surface area contributed by atoms with Crippen LogP contribution in [0.25, 0.3) is 0 Å². The Kier molecular flexibility index (Phi) is 4.73. The standard InChI is InChI=1S/C17H18BrN3O/c18-15-7-3-4-8-16(15)21-17(22)12-9-14(11-19-10-12)20-13-5-1-2-6-13/h3-4,7-11,13,20H,1-2,5-6H2,(H,21,22). The summed E-state index contributed by atoms with van der Waals surface area (Å²) < 4.78 is 0.858. The number of halogens is 1. The van der Waals surface area contributed by atoms with Crippen LogP contribution in [0.15, 0.2) is 47.2 Å². The van der Waals surface area contributed by atoms with Gasteiger partial charge in [0.15, 0.2) is 0 Å². The highest BCUT2D eigenvalue weighted by atomic mass is 79.9. The van der Waals surface area contributed by atoms with Crippen molar-refractivity contribution in [3.05, 3.63) is 52.8 Å². The molecule has 2 N–H and O–H groups in total. The van der Waals surface area contributed by atoms with E-state index in [2.05, 4.69) is 31.5 Å². The van der Waals surface area contributed by atoms with E-state index in [9.17, 15) is 4.79 Å². The number of pyridine rings is 1. The molecule has 0 aliphatic heterocycles. The Morgan fingerprint density at radius 1 is 1.18 bits per heavy atom. The van der Waals surface area contributed by atoms with Gasteiger partial charge in [-0.1, -0.05) is 25.0 Å². The number of carbonyl (C=O) groups excluding carboxylic acids is 1. The smallest absolute Gasteiger partial charge is 0.257 e. The van der Waals surface area contributed by atoms with Crippen LogP contribution in [0.3, 0.4) is 0 Å². The molecule has 0 atom stereocenters. The van der Waals surface area contributed by atoms with Gasteiger partial charge in [0.1, 0.15) is 0 Å². The Labute approximate surface area is 138 Å². The van der Waals surface area contributed by atoms with E-state index >= 15 is 0 Å². The van der Waals surface area contributed by atoms with Gasteiger partial charge < -0.3 is 10.6 Å². The number of rotatable bonds is 4. The van der Waals surface area contributed by atoms with Crippen molar-refractivity contribution in [2.75, 3.05) is 10.6 Å². The molecule has 5 heteroatoms. The van der Waals surface area contributed by atoms with Crippen LogP contribution in [0.1, 0.15) is 36.0 Å². The molecule has 1 aromatic carbocycles. The second kappa shape index (κ2) is 6.92. The number of para-hydroxylation sites is 1. The minimum Gasteiger partial charge on any atom is -0.381 e. The molecule has 0 unspecified atom stereocenters. The van der Waals surface area contributed by atoms with Gasteiger partial charge in [0, 0.05) is 22.9 Å². The number of hydrogen-bond acceptors (Lipinski definition) is 3. The summed E-state index contributed by atoms with van der Waals surface area (Å²) in [5.74, 6) is -0.158. The molecule has 1 amide bonds. The monoisotopic (exact) mass is 359 g/mol. The Hall–Kier alpha value is -1.88. The zero-order valence-electron chi connectivity index (χ0n) is 12.2. The first kappa shape index (κ1) is 15.0. The van der Waals surface area contributed by atoms with Crippen LogP contribution < -0.4 is 10.6 Å². The summed E-state index contributed by atoms with van der Waals surface area (Å²) in [5.41, 5.74) is 2.21. The quantitative estimate of drug-likeness (QED) is 0.847. The lowest BCUT2D eigenvalue weighted by molar-refractivity contribution is 0.102. The van der Waals surface area contributed by atoms with Crippen molar-refractivity contribution < 1.29 is 4.79 Å². The van der Waals surface area contributed by atoms with Gasteiger partial charge in [-0.15, -0.1) is 0 Å². The Morgan fingerprint density at radius 3 is 2.73 bits per heavy atom. The van der Waals surface area contributed by atoms with Crippen LogP contribution in [-0.2, 0) is 0 Å². The van der Waals surface area contributed by atoms with Gasteiger partial charge in [0.25, 0.3) is 5.91 Å². The van der Waals surface area contributed by atoms with Crippen molar-refractivity contribution in [2.24, 2.45) is 0 Å². The van der Waals surface area contributed by atoms with E-state index in [1.807, 2.05) is 30.3 Å². The number of nitrogens with one attached hydrogen (secondary N) is 2. The molecule has 22 heavy (non-hydrogen) atoms. The molecule has 2 aromatic rings. The van der Waals surface area contributed by atoms with Gasteiger partial charge in [-0.05, 0) is 47.0 Å². The van der Waals surface area contributed by atoms with Crippen molar-refractivity contribution in [1.82, 2.24) is 4.98 Å². The number of carbonyl (C=O) groups is 1. The van der Waals surface area contributed by atoms with Gasteiger partial charge in [0.2, 0.25) is 0 Å². The number of hydrogen-bond donors (Lipinski definition) is 2. The molecular weight excluding hydrogens is 342 g/mol. The van der Waals surface area contributed by atoms with E-state index in [1.165, 1.54) is 25.7 Å². The number of anilines is 2. The molecule has 1 aliphatic carbocycles. The minimum atomic E-state index is -0.158. The van der Waals surface area contributed by atoms with Gasteiger partial charge in [-0.25, -0.2) is 0 Å².